The predicted octanol–water partition coefficient (Wildman–Crippen LogP) is 3.52. The maximum absolute atomic E-state index is 14.1. The van der Waals surface area contributed by atoms with Crippen LogP contribution in [-0.4, -0.2) is 31.8 Å². The Labute approximate surface area is 153 Å². The molecule has 0 aliphatic rings. The van der Waals surface area contributed by atoms with E-state index in [0.29, 0.717) is 0 Å². The van der Waals surface area contributed by atoms with Crippen molar-refractivity contribution in [1.82, 2.24) is 4.31 Å². The van der Waals surface area contributed by atoms with Crippen LogP contribution in [0, 0.1) is 12.7 Å². The molecule has 0 heterocycles. The average molecular weight is 379 g/mol. The number of esters is 1. The van der Waals surface area contributed by atoms with Gasteiger partial charge in [0.1, 0.15) is 12.4 Å². The third kappa shape index (κ3) is 4.28. The standard InChI is InChI=1S/C19H22FNO4S/c1-4-21(5-2)26(23,24)16-10-11-18(20)17(12-16)19(22)25-13-15-9-7-6-8-14(15)3/h6-12H,4-5,13H2,1-3H3. The molecule has 0 saturated carbocycles. The first kappa shape index (κ1) is 20.1. The van der Waals surface area contributed by atoms with E-state index in [9.17, 15) is 17.6 Å². The summed E-state index contributed by atoms with van der Waals surface area (Å²) in [6.45, 7) is 5.84. The summed E-state index contributed by atoms with van der Waals surface area (Å²) in [5.74, 6) is -1.72. The predicted molar refractivity (Wildman–Crippen MR) is 96.8 cm³/mol. The Morgan fingerprint density at radius 3 is 2.38 bits per heavy atom. The summed E-state index contributed by atoms with van der Waals surface area (Å²) in [5.41, 5.74) is 1.35. The third-order valence-electron chi connectivity index (χ3n) is 4.12. The molecule has 2 aromatic carbocycles. The van der Waals surface area contributed by atoms with Crippen molar-refractivity contribution < 1.29 is 22.3 Å². The summed E-state index contributed by atoms with van der Waals surface area (Å²) in [7, 11) is -3.79. The second-order valence-electron chi connectivity index (χ2n) is 5.73. The molecule has 0 fully saturated rings. The highest BCUT2D eigenvalue weighted by atomic mass is 32.2. The molecule has 0 aromatic heterocycles. The summed E-state index contributed by atoms with van der Waals surface area (Å²) in [5, 5.41) is 0. The molecule has 7 heteroatoms. The Kier molecular flexibility index (Phi) is 6.50. The molecule has 0 atom stereocenters. The van der Waals surface area contributed by atoms with Crippen LogP contribution in [0.3, 0.4) is 0 Å². The van der Waals surface area contributed by atoms with E-state index in [-0.39, 0.29) is 24.6 Å². The number of hydrogen-bond acceptors (Lipinski definition) is 4. The summed E-state index contributed by atoms with van der Waals surface area (Å²) in [6.07, 6.45) is 0. The first-order valence-corrected chi connectivity index (χ1v) is 9.76. The van der Waals surface area contributed by atoms with Gasteiger partial charge >= 0.3 is 5.97 Å². The Hall–Kier alpha value is -2.25. The zero-order valence-electron chi connectivity index (χ0n) is 15.0. The van der Waals surface area contributed by atoms with E-state index < -0.39 is 27.4 Å². The molecule has 0 unspecified atom stereocenters. The lowest BCUT2D eigenvalue weighted by Crippen LogP contribution is -2.30. The van der Waals surface area contributed by atoms with Gasteiger partial charge in [-0.1, -0.05) is 38.1 Å². The second kappa shape index (κ2) is 8.42. The van der Waals surface area contributed by atoms with E-state index in [0.717, 1.165) is 29.3 Å². The van der Waals surface area contributed by atoms with Crippen LogP contribution in [0.25, 0.3) is 0 Å². The number of benzene rings is 2. The van der Waals surface area contributed by atoms with Crippen molar-refractivity contribution in [2.75, 3.05) is 13.1 Å². The van der Waals surface area contributed by atoms with E-state index in [4.69, 9.17) is 4.74 Å². The first-order valence-electron chi connectivity index (χ1n) is 8.32. The maximum Gasteiger partial charge on any atom is 0.341 e. The summed E-state index contributed by atoms with van der Waals surface area (Å²) in [4.78, 5) is 12.1. The van der Waals surface area contributed by atoms with E-state index in [2.05, 4.69) is 0 Å². The van der Waals surface area contributed by atoms with Crippen LogP contribution in [0.1, 0.15) is 35.3 Å². The number of carbonyl (C=O) groups excluding carboxylic acids is 1. The van der Waals surface area contributed by atoms with Crippen LogP contribution in [0.4, 0.5) is 4.39 Å². The van der Waals surface area contributed by atoms with Gasteiger partial charge in [-0.15, -0.1) is 0 Å². The lowest BCUT2D eigenvalue weighted by atomic mass is 10.1. The molecule has 0 radical (unpaired) electrons. The van der Waals surface area contributed by atoms with E-state index in [1.165, 1.54) is 4.31 Å². The first-order chi connectivity index (χ1) is 12.3. The Bertz CT molecular complexity index is 892. The van der Waals surface area contributed by atoms with Crippen molar-refractivity contribution >= 4 is 16.0 Å². The normalized spacial score (nSPS) is 11.6. The number of ether oxygens (including phenoxy) is 1. The highest BCUT2D eigenvalue weighted by Crippen LogP contribution is 2.20. The number of sulfonamides is 1. The third-order valence-corrected chi connectivity index (χ3v) is 6.17. The van der Waals surface area contributed by atoms with E-state index in [1.807, 2.05) is 25.1 Å². The number of rotatable bonds is 7. The van der Waals surface area contributed by atoms with Gasteiger partial charge in [0.2, 0.25) is 10.0 Å². The molecule has 0 N–H and O–H groups in total. The minimum Gasteiger partial charge on any atom is -0.457 e. The highest BCUT2D eigenvalue weighted by molar-refractivity contribution is 7.89. The number of carbonyl (C=O) groups is 1. The molecule has 26 heavy (non-hydrogen) atoms. The zero-order valence-corrected chi connectivity index (χ0v) is 15.8. The topological polar surface area (TPSA) is 63.7 Å². The monoisotopic (exact) mass is 379 g/mol. The van der Waals surface area contributed by atoms with Gasteiger partial charge < -0.3 is 4.74 Å². The number of nitrogens with zero attached hydrogens (tertiary/aromatic N) is 1. The summed E-state index contributed by atoms with van der Waals surface area (Å²) in [6, 6.07) is 10.5. The lowest BCUT2D eigenvalue weighted by Gasteiger charge is -2.18. The minimum absolute atomic E-state index is 0.0159. The van der Waals surface area contributed by atoms with Gasteiger partial charge in [-0.3, -0.25) is 0 Å². The van der Waals surface area contributed by atoms with Gasteiger partial charge in [-0.2, -0.15) is 4.31 Å². The molecule has 0 bridgehead atoms. The number of aryl methyl sites for hydroxylation is 1. The quantitative estimate of drug-likeness (QED) is 0.691. The Morgan fingerprint density at radius 1 is 1.12 bits per heavy atom. The molecule has 140 valence electrons. The fourth-order valence-electron chi connectivity index (χ4n) is 2.53. The molecule has 5 nitrogen and oxygen atoms in total. The molecule has 0 amide bonds. The maximum atomic E-state index is 14.1. The second-order valence-corrected chi connectivity index (χ2v) is 7.67. The lowest BCUT2D eigenvalue weighted by molar-refractivity contribution is 0.0466. The smallest absolute Gasteiger partial charge is 0.341 e. The summed E-state index contributed by atoms with van der Waals surface area (Å²) >= 11 is 0. The van der Waals surface area contributed by atoms with Crippen LogP contribution >= 0.6 is 0 Å². The van der Waals surface area contributed by atoms with Gasteiger partial charge in [-0.05, 0) is 36.2 Å². The molecule has 0 aliphatic heterocycles. The van der Waals surface area contributed by atoms with Crippen LogP contribution in [0.15, 0.2) is 47.4 Å². The molecule has 0 aliphatic carbocycles. The molecular formula is C19H22FNO4S. The minimum atomic E-state index is -3.79. The average Bonchev–Trinajstić information content (AvgIpc) is 2.61. The molecule has 2 aromatic rings. The van der Waals surface area contributed by atoms with Crippen LogP contribution in [-0.2, 0) is 21.4 Å². The van der Waals surface area contributed by atoms with Gasteiger partial charge in [0.25, 0.3) is 0 Å². The Balaban J connectivity index is 2.26. The van der Waals surface area contributed by atoms with Gasteiger partial charge in [0.05, 0.1) is 10.5 Å². The van der Waals surface area contributed by atoms with Crippen molar-refractivity contribution in [3.63, 3.8) is 0 Å². The van der Waals surface area contributed by atoms with Crippen molar-refractivity contribution in [3.05, 3.63) is 65.0 Å². The van der Waals surface area contributed by atoms with Crippen molar-refractivity contribution in [2.24, 2.45) is 0 Å². The number of halogens is 1. The number of hydrogen-bond donors (Lipinski definition) is 0. The van der Waals surface area contributed by atoms with E-state index >= 15 is 0 Å². The highest BCUT2D eigenvalue weighted by Gasteiger charge is 2.24. The van der Waals surface area contributed by atoms with Crippen LogP contribution < -0.4 is 0 Å². The largest absolute Gasteiger partial charge is 0.457 e. The molecular weight excluding hydrogens is 357 g/mol. The van der Waals surface area contributed by atoms with Crippen molar-refractivity contribution in [1.29, 1.82) is 0 Å². The van der Waals surface area contributed by atoms with Crippen LogP contribution in [0.2, 0.25) is 0 Å². The van der Waals surface area contributed by atoms with Crippen LogP contribution in [0.5, 0.6) is 0 Å². The fourth-order valence-corrected chi connectivity index (χ4v) is 4.01. The van der Waals surface area contributed by atoms with Gasteiger partial charge in [-0.25, -0.2) is 17.6 Å². The zero-order chi connectivity index (χ0) is 19.3. The van der Waals surface area contributed by atoms with Gasteiger partial charge in [0.15, 0.2) is 0 Å². The fraction of sp³-hybridized carbons (Fsp3) is 0.316. The Morgan fingerprint density at radius 2 is 1.77 bits per heavy atom. The molecule has 2 rings (SSSR count). The SMILES string of the molecule is CCN(CC)S(=O)(=O)c1ccc(F)c(C(=O)OCc2ccccc2C)c1. The van der Waals surface area contributed by atoms with Gasteiger partial charge in [0, 0.05) is 13.1 Å². The molecule has 0 spiro atoms. The van der Waals surface area contributed by atoms with Crippen molar-refractivity contribution in [3.8, 4) is 0 Å². The van der Waals surface area contributed by atoms with E-state index in [1.54, 1.807) is 19.9 Å². The van der Waals surface area contributed by atoms with Crippen molar-refractivity contribution in [2.45, 2.75) is 32.3 Å². The summed E-state index contributed by atoms with van der Waals surface area (Å²) < 4.78 is 45.6. The molecule has 0 saturated heterocycles.